The number of aliphatic hydroxyl groups is 1. The van der Waals surface area contributed by atoms with Crippen LogP contribution in [0.25, 0.3) is 0 Å². The van der Waals surface area contributed by atoms with Crippen LogP contribution in [0.5, 0.6) is 0 Å². The maximum absolute atomic E-state index is 10.6. The number of hydrogen-bond acceptors (Lipinski definition) is 2. The SMILES string of the molecule is C=CCOC1C=C(C)C=C(C(C)(C)C)C1(O)Br. The minimum Gasteiger partial charge on any atom is -0.372 e. The first-order valence-electron chi connectivity index (χ1n) is 5.74. The molecule has 1 N–H and O–H groups in total. The van der Waals surface area contributed by atoms with Crippen molar-refractivity contribution in [3.05, 3.63) is 36.0 Å². The molecule has 2 nitrogen and oxygen atoms in total. The summed E-state index contributed by atoms with van der Waals surface area (Å²) in [4.78, 5) is 0. The average Bonchev–Trinajstić information content (AvgIpc) is 2.17. The highest BCUT2D eigenvalue weighted by Crippen LogP contribution is 2.44. The van der Waals surface area contributed by atoms with Crippen molar-refractivity contribution in [3.8, 4) is 0 Å². The summed E-state index contributed by atoms with van der Waals surface area (Å²) in [7, 11) is 0. The molecule has 96 valence electrons. The van der Waals surface area contributed by atoms with Gasteiger partial charge in [0.05, 0.1) is 6.61 Å². The van der Waals surface area contributed by atoms with Gasteiger partial charge < -0.3 is 9.84 Å². The van der Waals surface area contributed by atoms with E-state index >= 15 is 0 Å². The van der Waals surface area contributed by atoms with E-state index in [1.165, 1.54) is 0 Å². The molecule has 0 heterocycles. The molecule has 2 unspecified atom stereocenters. The molecule has 1 aliphatic rings. The molecule has 0 spiro atoms. The lowest BCUT2D eigenvalue weighted by molar-refractivity contribution is -0.00603. The van der Waals surface area contributed by atoms with E-state index in [0.29, 0.717) is 6.61 Å². The van der Waals surface area contributed by atoms with Gasteiger partial charge in [0.2, 0.25) is 0 Å². The largest absolute Gasteiger partial charge is 0.372 e. The van der Waals surface area contributed by atoms with Crippen LogP contribution in [0.4, 0.5) is 0 Å². The van der Waals surface area contributed by atoms with Crippen molar-refractivity contribution in [3.63, 3.8) is 0 Å². The number of halogens is 1. The van der Waals surface area contributed by atoms with Gasteiger partial charge in [-0.25, -0.2) is 0 Å². The fourth-order valence-corrected chi connectivity index (χ4v) is 2.93. The summed E-state index contributed by atoms with van der Waals surface area (Å²) in [5, 5.41) is 10.6. The quantitative estimate of drug-likeness (QED) is 0.638. The lowest BCUT2D eigenvalue weighted by Crippen LogP contribution is -2.44. The monoisotopic (exact) mass is 300 g/mol. The van der Waals surface area contributed by atoms with Crippen LogP contribution in [-0.4, -0.2) is 22.3 Å². The van der Waals surface area contributed by atoms with Crippen molar-refractivity contribution in [2.24, 2.45) is 5.41 Å². The highest BCUT2D eigenvalue weighted by atomic mass is 79.9. The third-order valence-electron chi connectivity index (χ3n) is 2.74. The molecular formula is C14H21BrO2. The van der Waals surface area contributed by atoms with Gasteiger partial charge >= 0.3 is 0 Å². The lowest BCUT2D eigenvalue weighted by Gasteiger charge is -2.40. The Morgan fingerprint density at radius 2 is 2.18 bits per heavy atom. The van der Waals surface area contributed by atoms with Gasteiger partial charge in [0.1, 0.15) is 6.10 Å². The molecule has 0 aliphatic heterocycles. The van der Waals surface area contributed by atoms with Crippen LogP contribution < -0.4 is 0 Å². The van der Waals surface area contributed by atoms with Gasteiger partial charge in [0, 0.05) is 0 Å². The van der Waals surface area contributed by atoms with Gasteiger partial charge in [0.25, 0.3) is 0 Å². The number of ether oxygens (including phenoxy) is 1. The van der Waals surface area contributed by atoms with Gasteiger partial charge in [-0.3, -0.25) is 0 Å². The van der Waals surface area contributed by atoms with E-state index in [2.05, 4.69) is 43.3 Å². The molecule has 17 heavy (non-hydrogen) atoms. The molecule has 0 saturated carbocycles. The molecule has 0 bridgehead atoms. The third kappa shape index (κ3) is 3.30. The van der Waals surface area contributed by atoms with E-state index < -0.39 is 4.51 Å². The summed E-state index contributed by atoms with van der Waals surface area (Å²) >= 11 is 3.40. The van der Waals surface area contributed by atoms with E-state index in [9.17, 15) is 5.11 Å². The molecule has 1 rings (SSSR count). The smallest absolute Gasteiger partial charge is 0.171 e. The first-order chi connectivity index (χ1) is 7.69. The Kier molecular flexibility index (Phi) is 4.39. The number of alkyl halides is 1. The highest BCUT2D eigenvalue weighted by Gasteiger charge is 2.44. The van der Waals surface area contributed by atoms with Gasteiger partial charge in [0.15, 0.2) is 4.51 Å². The van der Waals surface area contributed by atoms with E-state index in [4.69, 9.17) is 4.74 Å². The van der Waals surface area contributed by atoms with Crippen LogP contribution in [-0.2, 0) is 4.74 Å². The molecular weight excluding hydrogens is 280 g/mol. The summed E-state index contributed by atoms with van der Waals surface area (Å²) in [5.41, 5.74) is 1.91. The first-order valence-corrected chi connectivity index (χ1v) is 6.53. The summed E-state index contributed by atoms with van der Waals surface area (Å²) < 4.78 is 4.47. The van der Waals surface area contributed by atoms with E-state index in [1.807, 2.05) is 19.1 Å². The normalized spacial score (nSPS) is 29.6. The number of hydrogen-bond donors (Lipinski definition) is 1. The van der Waals surface area contributed by atoms with Crippen LogP contribution in [0.15, 0.2) is 36.0 Å². The predicted molar refractivity (Wildman–Crippen MR) is 75.1 cm³/mol. The van der Waals surface area contributed by atoms with Crippen LogP contribution in [0.1, 0.15) is 27.7 Å². The number of allylic oxidation sites excluding steroid dienone is 2. The zero-order valence-electron chi connectivity index (χ0n) is 11.0. The molecule has 0 aromatic carbocycles. The minimum atomic E-state index is -1.15. The molecule has 0 amide bonds. The van der Waals surface area contributed by atoms with Crippen molar-refractivity contribution < 1.29 is 9.84 Å². The molecule has 0 radical (unpaired) electrons. The predicted octanol–water partition coefficient (Wildman–Crippen LogP) is 3.57. The fourth-order valence-electron chi connectivity index (χ4n) is 1.95. The van der Waals surface area contributed by atoms with Crippen molar-refractivity contribution >= 4 is 15.9 Å². The van der Waals surface area contributed by atoms with Crippen LogP contribution in [0.3, 0.4) is 0 Å². The van der Waals surface area contributed by atoms with Crippen molar-refractivity contribution in [2.75, 3.05) is 6.61 Å². The summed E-state index contributed by atoms with van der Waals surface area (Å²) in [5.74, 6) is 0. The van der Waals surface area contributed by atoms with Crippen molar-refractivity contribution in [1.29, 1.82) is 0 Å². The standard InChI is InChI=1S/C14H21BrO2/c1-6-7-17-12-9-10(2)8-11(13(3,4)5)14(12,15)16/h6,8-9,12,16H,1,7H2,2-5H3. The van der Waals surface area contributed by atoms with Gasteiger partial charge in [-0.2, -0.15) is 0 Å². The highest BCUT2D eigenvalue weighted by molar-refractivity contribution is 9.10. The third-order valence-corrected chi connectivity index (χ3v) is 3.62. The second-order valence-corrected chi connectivity index (χ2v) is 6.64. The molecule has 0 fully saturated rings. The Morgan fingerprint density at radius 3 is 2.65 bits per heavy atom. The molecule has 2 atom stereocenters. The van der Waals surface area contributed by atoms with Crippen molar-refractivity contribution in [2.45, 2.75) is 38.3 Å². The van der Waals surface area contributed by atoms with Crippen LogP contribution in [0, 0.1) is 5.41 Å². The summed E-state index contributed by atoms with van der Waals surface area (Å²) in [6.07, 6.45) is 5.23. The van der Waals surface area contributed by atoms with Gasteiger partial charge in [-0.05, 0) is 39.9 Å². The van der Waals surface area contributed by atoms with E-state index in [1.54, 1.807) is 6.08 Å². The average molecular weight is 301 g/mol. The Hall–Kier alpha value is -0.380. The second kappa shape index (κ2) is 5.09. The molecule has 0 saturated heterocycles. The number of rotatable bonds is 3. The maximum Gasteiger partial charge on any atom is 0.171 e. The zero-order valence-corrected chi connectivity index (χ0v) is 12.5. The summed E-state index contributed by atoms with van der Waals surface area (Å²) in [6, 6.07) is 0. The van der Waals surface area contributed by atoms with Crippen LogP contribution >= 0.6 is 15.9 Å². The minimum absolute atomic E-state index is 0.121. The topological polar surface area (TPSA) is 29.5 Å². The Balaban J connectivity index is 3.08. The van der Waals surface area contributed by atoms with Gasteiger partial charge in [-0.15, -0.1) is 6.58 Å². The second-order valence-electron chi connectivity index (χ2n) is 5.43. The Morgan fingerprint density at radius 1 is 1.59 bits per heavy atom. The summed E-state index contributed by atoms with van der Waals surface area (Å²) in [6.45, 7) is 12.3. The molecule has 3 heteroatoms. The van der Waals surface area contributed by atoms with Gasteiger partial charge in [-0.1, -0.05) is 38.5 Å². The Labute approximate surface area is 112 Å². The van der Waals surface area contributed by atoms with E-state index in [-0.39, 0.29) is 11.5 Å². The molecule has 1 aliphatic carbocycles. The van der Waals surface area contributed by atoms with Crippen molar-refractivity contribution in [1.82, 2.24) is 0 Å². The zero-order chi connectivity index (χ0) is 13.3. The van der Waals surface area contributed by atoms with E-state index in [0.717, 1.165) is 11.1 Å². The van der Waals surface area contributed by atoms with Crippen LogP contribution in [0.2, 0.25) is 0 Å². The Bertz CT molecular complexity index is 359. The first kappa shape index (κ1) is 14.7. The fraction of sp³-hybridized carbons (Fsp3) is 0.571. The lowest BCUT2D eigenvalue weighted by atomic mass is 9.78. The molecule has 0 aromatic rings. The maximum atomic E-state index is 10.6. The molecule has 0 aromatic heterocycles.